The Bertz CT molecular complexity index is 327. The molecular weight excluding hydrogens is 256 g/mol. The summed E-state index contributed by atoms with van der Waals surface area (Å²) < 4.78 is 6.75. The van der Waals surface area contributed by atoms with Gasteiger partial charge in [-0.15, -0.1) is 0 Å². The van der Waals surface area contributed by atoms with Gasteiger partial charge >= 0.3 is 0 Å². The van der Waals surface area contributed by atoms with E-state index >= 15 is 0 Å². The van der Waals surface area contributed by atoms with Crippen molar-refractivity contribution >= 4 is 15.9 Å². The molecule has 2 nitrogen and oxygen atoms in total. The van der Waals surface area contributed by atoms with Gasteiger partial charge in [-0.05, 0) is 47.3 Å². The van der Waals surface area contributed by atoms with Crippen LogP contribution in [0.4, 0.5) is 0 Å². The molecule has 1 aromatic rings. The highest BCUT2D eigenvalue weighted by Gasteiger charge is 2.24. The number of hydrogen-bond donors (Lipinski definition) is 1. The van der Waals surface area contributed by atoms with Crippen molar-refractivity contribution in [1.82, 2.24) is 0 Å². The molecule has 1 aliphatic rings. The first-order chi connectivity index (χ1) is 7.27. The van der Waals surface area contributed by atoms with Gasteiger partial charge in [-0.3, -0.25) is 0 Å². The standard InChI is InChI=1S/C12H15BrO2/c13-9-5-1-3-7-11(9)15-12-8-4-2-6-10(12)14/h1,3,5,7,10,12,14H,2,4,6,8H2. The number of rotatable bonds is 2. The van der Waals surface area contributed by atoms with Crippen molar-refractivity contribution in [3.63, 3.8) is 0 Å². The van der Waals surface area contributed by atoms with Crippen LogP contribution in [0.1, 0.15) is 25.7 Å². The highest BCUT2D eigenvalue weighted by Crippen LogP contribution is 2.29. The van der Waals surface area contributed by atoms with Crippen LogP contribution in [-0.4, -0.2) is 17.3 Å². The zero-order valence-electron chi connectivity index (χ0n) is 8.53. The highest BCUT2D eigenvalue weighted by molar-refractivity contribution is 9.10. The van der Waals surface area contributed by atoms with Gasteiger partial charge in [0.15, 0.2) is 0 Å². The molecule has 3 heteroatoms. The van der Waals surface area contributed by atoms with E-state index in [0.717, 1.165) is 35.9 Å². The zero-order chi connectivity index (χ0) is 10.7. The van der Waals surface area contributed by atoms with Crippen LogP contribution in [0.5, 0.6) is 5.75 Å². The lowest BCUT2D eigenvalue weighted by atomic mass is 9.95. The molecule has 2 unspecified atom stereocenters. The summed E-state index contributed by atoms with van der Waals surface area (Å²) in [5.41, 5.74) is 0. The van der Waals surface area contributed by atoms with Gasteiger partial charge in [-0.25, -0.2) is 0 Å². The molecule has 0 amide bonds. The predicted molar refractivity (Wildman–Crippen MR) is 63.0 cm³/mol. The first kappa shape index (κ1) is 11.0. The van der Waals surface area contributed by atoms with Crippen LogP contribution in [0.2, 0.25) is 0 Å². The Balaban J connectivity index is 2.04. The van der Waals surface area contributed by atoms with Crippen LogP contribution >= 0.6 is 15.9 Å². The molecule has 0 radical (unpaired) electrons. The van der Waals surface area contributed by atoms with Crippen LogP contribution < -0.4 is 4.74 Å². The summed E-state index contributed by atoms with van der Waals surface area (Å²) in [5, 5.41) is 9.78. The van der Waals surface area contributed by atoms with Gasteiger partial charge in [0, 0.05) is 0 Å². The van der Waals surface area contributed by atoms with E-state index in [2.05, 4.69) is 15.9 Å². The maximum atomic E-state index is 9.78. The van der Waals surface area contributed by atoms with Gasteiger partial charge < -0.3 is 9.84 Å². The van der Waals surface area contributed by atoms with E-state index in [4.69, 9.17) is 4.74 Å². The molecule has 1 saturated carbocycles. The Hall–Kier alpha value is -0.540. The normalized spacial score (nSPS) is 26.3. The van der Waals surface area contributed by atoms with Gasteiger partial charge in [0.1, 0.15) is 11.9 Å². The topological polar surface area (TPSA) is 29.5 Å². The van der Waals surface area contributed by atoms with E-state index in [1.54, 1.807) is 0 Å². The average Bonchev–Trinajstić information content (AvgIpc) is 2.24. The number of benzene rings is 1. The summed E-state index contributed by atoms with van der Waals surface area (Å²) in [7, 11) is 0. The SMILES string of the molecule is OC1CCCCC1Oc1ccccc1Br. The quantitative estimate of drug-likeness (QED) is 0.895. The minimum atomic E-state index is -0.314. The number of aliphatic hydroxyl groups excluding tert-OH is 1. The summed E-state index contributed by atoms with van der Waals surface area (Å²) in [5.74, 6) is 0.823. The molecule has 0 saturated heterocycles. The van der Waals surface area contributed by atoms with Gasteiger partial charge in [-0.2, -0.15) is 0 Å². The lowest BCUT2D eigenvalue weighted by molar-refractivity contribution is 0.00649. The molecule has 0 bridgehead atoms. The predicted octanol–water partition coefficient (Wildman–Crippen LogP) is 3.13. The number of hydrogen-bond acceptors (Lipinski definition) is 2. The summed E-state index contributed by atoms with van der Waals surface area (Å²) >= 11 is 3.44. The Morgan fingerprint density at radius 2 is 1.93 bits per heavy atom. The second-order valence-electron chi connectivity index (χ2n) is 3.94. The summed E-state index contributed by atoms with van der Waals surface area (Å²) in [6.07, 6.45) is 3.70. The minimum absolute atomic E-state index is 0.0440. The fourth-order valence-corrected chi connectivity index (χ4v) is 2.30. The molecule has 0 aliphatic heterocycles. The van der Waals surface area contributed by atoms with Crippen molar-refractivity contribution in [1.29, 1.82) is 0 Å². The first-order valence-electron chi connectivity index (χ1n) is 5.36. The van der Waals surface area contributed by atoms with Crippen LogP contribution in [-0.2, 0) is 0 Å². The average molecular weight is 271 g/mol. The monoisotopic (exact) mass is 270 g/mol. The largest absolute Gasteiger partial charge is 0.487 e. The molecule has 2 atom stereocenters. The lowest BCUT2D eigenvalue weighted by Gasteiger charge is -2.28. The minimum Gasteiger partial charge on any atom is -0.487 e. The van der Waals surface area contributed by atoms with Crippen molar-refractivity contribution in [3.8, 4) is 5.75 Å². The second kappa shape index (κ2) is 4.99. The molecule has 1 fully saturated rings. The maximum Gasteiger partial charge on any atom is 0.134 e. The Kier molecular flexibility index (Phi) is 3.65. The molecule has 2 rings (SSSR count). The smallest absolute Gasteiger partial charge is 0.134 e. The van der Waals surface area contributed by atoms with Crippen molar-refractivity contribution in [2.75, 3.05) is 0 Å². The first-order valence-corrected chi connectivity index (χ1v) is 6.16. The summed E-state index contributed by atoms with van der Waals surface area (Å²) in [6, 6.07) is 7.76. The molecule has 1 N–H and O–H groups in total. The molecule has 82 valence electrons. The Labute approximate surface area is 98.4 Å². The molecule has 0 spiro atoms. The molecule has 15 heavy (non-hydrogen) atoms. The van der Waals surface area contributed by atoms with Gasteiger partial charge in [0.05, 0.1) is 10.6 Å². The van der Waals surface area contributed by atoms with E-state index < -0.39 is 0 Å². The van der Waals surface area contributed by atoms with Crippen molar-refractivity contribution in [2.45, 2.75) is 37.9 Å². The van der Waals surface area contributed by atoms with E-state index in [9.17, 15) is 5.11 Å². The lowest BCUT2D eigenvalue weighted by Crippen LogP contribution is -2.34. The second-order valence-corrected chi connectivity index (χ2v) is 4.79. The van der Waals surface area contributed by atoms with Crippen LogP contribution in [0.15, 0.2) is 28.7 Å². The van der Waals surface area contributed by atoms with Crippen molar-refractivity contribution < 1.29 is 9.84 Å². The van der Waals surface area contributed by atoms with Crippen molar-refractivity contribution in [2.24, 2.45) is 0 Å². The molecule has 0 heterocycles. The fraction of sp³-hybridized carbons (Fsp3) is 0.500. The highest BCUT2D eigenvalue weighted by atomic mass is 79.9. The maximum absolute atomic E-state index is 9.78. The molecule has 0 aromatic heterocycles. The third-order valence-electron chi connectivity index (χ3n) is 2.78. The summed E-state index contributed by atoms with van der Waals surface area (Å²) in [4.78, 5) is 0. The Morgan fingerprint density at radius 3 is 2.67 bits per heavy atom. The van der Waals surface area contributed by atoms with E-state index in [-0.39, 0.29) is 12.2 Å². The molecule has 1 aromatic carbocycles. The van der Waals surface area contributed by atoms with Gasteiger partial charge in [-0.1, -0.05) is 18.6 Å². The number of aliphatic hydroxyl groups is 1. The zero-order valence-corrected chi connectivity index (χ0v) is 10.1. The molecular formula is C12H15BrO2. The number of para-hydroxylation sites is 1. The van der Waals surface area contributed by atoms with Gasteiger partial charge in [0.25, 0.3) is 0 Å². The van der Waals surface area contributed by atoms with E-state index in [1.807, 2.05) is 24.3 Å². The van der Waals surface area contributed by atoms with Crippen LogP contribution in [0, 0.1) is 0 Å². The summed E-state index contributed by atoms with van der Waals surface area (Å²) in [6.45, 7) is 0. The van der Waals surface area contributed by atoms with Crippen molar-refractivity contribution in [3.05, 3.63) is 28.7 Å². The van der Waals surface area contributed by atoms with E-state index in [0.29, 0.717) is 0 Å². The number of halogens is 1. The van der Waals surface area contributed by atoms with Gasteiger partial charge in [0.2, 0.25) is 0 Å². The van der Waals surface area contributed by atoms with E-state index in [1.165, 1.54) is 0 Å². The third-order valence-corrected chi connectivity index (χ3v) is 3.44. The fourth-order valence-electron chi connectivity index (χ4n) is 1.92. The Morgan fingerprint density at radius 1 is 1.20 bits per heavy atom. The van der Waals surface area contributed by atoms with Crippen LogP contribution in [0.25, 0.3) is 0 Å². The molecule has 1 aliphatic carbocycles. The van der Waals surface area contributed by atoms with Crippen LogP contribution in [0.3, 0.4) is 0 Å². The third kappa shape index (κ3) is 2.73. The number of ether oxygens (including phenoxy) is 1.